The van der Waals surface area contributed by atoms with Crippen molar-refractivity contribution in [3.05, 3.63) is 57.0 Å². The van der Waals surface area contributed by atoms with Crippen LogP contribution in [0.25, 0.3) is 0 Å². The van der Waals surface area contributed by atoms with Crippen LogP contribution >= 0.6 is 7.92 Å². The Morgan fingerprint density at radius 3 is 1.50 bits per heavy atom. The molecule has 10 radical (unpaired) electrons. The fourth-order valence-electron chi connectivity index (χ4n) is 3.06. The summed E-state index contributed by atoms with van der Waals surface area (Å²) >= 11 is 0. The number of rotatable bonds is 3. The quantitative estimate of drug-likeness (QED) is 0.475. The third-order valence-corrected chi connectivity index (χ3v) is 6.93. The third kappa shape index (κ3) is 5.36. The zero-order valence-electron chi connectivity index (χ0n) is 12.9. The Morgan fingerprint density at radius 1 is 0.850 bits per heavy atom. The molecule has 0 aromatic heterocycles. The average Bonchev–Trinajstić information content (AvgIpc) is 3.07. The van der Waals surface area contributed by atoms with E-state index in [2.05, 4.69) is 79.1 Å². The van der Waals surface area contributed by atoms with Gasteiger partial charge in [0.2, 0.25) is 0 Å². The van der Waals surface area contributed by atoms with Crippen molar-refractivity contribution in [1.82, 2.24) is 0 Å². The summed E-state index contributed by atoms with van der Waals surface area (Å²) in [6.45, 7) is 9.33. The Bertz CT molecular complexity index is 232. The summed E-state index contributed by atoms with van der Waals surface area (Å²) < 4.78 is 0. The van der Waals surface area contributed by atoms with Crippen LogP contribution in [0.5, 0.6) is 0 Å². The maximum atomic E-state index is 2.33. The molecule has 0 aromatic rings. The minimum Gasteiger partial charge on any atom is -0.0935 e. The van der Waals surface area contributed by atoms with Gasteiger partial charge < -0.3 is 0 Å². The molecule has 3 fully saturated rings. The Balaban J connectivity index is 0.000000212. The molecule has 3 aliphatic rings. The first-order valence-corrected chi connectivity index (χ1v) is 8.92. The summed E-state index contributed by atoms with van der Waals surface area (Å²) in [5.41, 5.74) is 3.18. The summed E-state index contributed by atoms with van der Waals surface area (Å²) in [6, 6.07) is 0. The van der Waals surface area contributed by atoms with Gasteiger partial charge in [-0.25, -0.2) is 0 Å². The van der Waals surface area contributed by atoms with Crippen LogP contribution < -0.4 is 0 Å². The predicted molar refractivity (Wildman–Crippen MR) is 86.4 cm³/mol. The molecule has 20 heavy (non-hydrogen) atoms. The Morgan fingerprint density at radius 2 is 1.25 bits per heavy atom. The fourth-order valence-corrected chi connectivity index (χ4v) is 5.96. The number of hydrogen-bond donors (Lipinski definition) is 0. The molecule has 0 atom stereocenters. The zero-order chi connectivity index (χ0) is 13.8. The molecule has 0 aliphatic heterocycles. The maximum Gasteiger partial charge on any atom is 0.00799 e. The summed E-state index contributed by atoms with van der Waals surface area (Å²) in [4.78, 5) is 0. The maximum absolute atomic E-state index is 2.33. The Kier molecular flexibility index (Phi) is 8.83. The number of hydrogen-bond acceptors (Lipinski definition) is 0. The van der Waals surface area contributed by atoms with Gasteiger partial charge in [0.15, 0.2) is 0 Å². The van der Waals surface area contributed by atoms with E-state index in [1.54, 1.807) is 5.66 Å². The molecule has 0 saturated heterocycles. The van der Waals surface area contributed by atoms with Gasteiger partial charge in [0.25, 0.3) is 0 Å². The summed E-state index contributed by atoms with van der Waals surface area (Å²) in [5, 5.41) is 0. The standard InChI is InChI=1S/C11H18P.C7H8.Rh/c1-9(2)12(10(3)4)11-7-5-6-8-11;1-2-7-4-3-6(1)5-7;/h5-10H,1-4H3;1-4,6-7H,5H2;. The van der Waals surface area contributed by atoms with Crippen molar-refractivity contribution in [1.29, 1.82) is 0 Å². The normalized spacial score (nSPS) is 28.9. The summed E-state index contributed by atoms with van der Waals surface area (Å²) in [6.07, 6.45) is 19.4. The summed E-state index contributed by atoms with van der Waals surface area (Å²) in [5.74, 6) is 1.62. The molecule has 0 aromatic carbocycles. The van der Waals surface area contributed by atoms with E-state index in [1.165, 1.54) is 6.42 Å². The first-order chi connectivity index (χ1) is 9.08. The second-order valence-corrected chi connectivity index (χ2v) is 9.47. The van der Waals surface area contributed by atoms with Crippen molar-refractivity contribution in [3.63, 3.8) is 0 Å². The van der Waals surface area contributed by atoms with Gasteiger partial charge in [-0.15, -0.1) is 0 Å². The molecular weight excluding hydrogens is 350 g/mol. The second-order valence-electron chi connectivity index (χ2n) is 6.07. The molecule has 3 aliphatic carbocycles. The SMILES string of the molecule is CC(C)P([C]1[CH][CH][CH][CH]1)C(C)C.[CH]1[CH]C2[CH][CH]C1C2.[Rh]. The molecule has 2 heteroatoms. The fraction of sp³-hybridized carbons (Fsp3) is 0.500. The third-order valence-electron chi connectivity index (χ3n) is 3.81. The van der Waals surface area contributed by atoms with Gasteiger partial charge in [-0.05, 0) is 80.9 Å². The molecule has 0 nitrogen and oxygen atoms in total. The van der Waals surface area contributed by atoms with Crippen molar-refractivity contribution in [2.75, 3.05) is 0 Å². The Hall–Kier alpha value is 1.05. The first-order valence-electron chi connectivity index (χ1n) is 7.44. The molecule has 0 unspecified atom stereocenters. The van der Waals surface area contributed by atoms with E-state index < -0.39 is 0 Å². The molecule has 3 saturated carbocycles. The van der Waals surface area contributed by atoms with E-state index in [0.717, 1.165) is 23.2 Å². The molecule has 0 spiro atoms. The van der Waals surface area contributed by atoms with E-state index in [9.17, 15) is 0 Å². The van der Waals surface area contributed by atoms with Crippen LogP contribution in [-0.2, 0) is 19.5 Å². The van der Waals surface area contributed by atoms with Gasteiger partial charge in [-0.2, -0.15) is 0 Å². The molecule has 2 bridgehead atoms. The monoisotopic (exact) mass is 376 g/mol. The van der Waals surface area contributed by atoms with Crippen LogP contribution in [0.3, 0.4) is 0 Å². The number of fused-ring (bicyclic) bond motifs is 2. The van der Waals surface area contributed by atoms with Crippen molar-refractivity contribution in [2.24, 2.45) is 11.8 Å². The van der Waals surface area contributed by atoms with Gasteiger partial charge in [-0.1, -0.05) is 35.6 Å². The van der Waals surface area contributed by atoms with E-state index in [4.69, 9.17) is 0 Å². The van der Waals surface area contributed by atoms with Gasteiger partial charge in [-0.3, -0.25) is 0 Å². The zero-order valence-corrected chi connectivity index (χ0v) is 15.4. The molecular formula is C18H26PRh. The van der Waals surface area contributed by atoms with Crippen molar-refractivity contribution in [3.8, 4) is 0 Å². The van der Waals surface area contributed by atoms with Crippen LogP contribution in [0.4, 0.5) is 0 Å². The van der Waals surface area contributed by atoms with Gasteiger partial charge in [0, 0.05) is 25.1 Å². The van der Waals surface area contributed by atoms with E-state index in [1.807, 2.05) is 0 Å². The van der Waals surface area contributed by atoms with Crippen LogP contribution in [0.2, 0.25) is 0 Å². The van der Waals surface area contributed by atoms with Crippen LogP contribution in [-0.4, -0.2) is 11.3 Å². The smallest absolute Gasteiger partial charge is 0.00799 e. The van der Waals surface area contributed by atoms with Crippen molar-refractivity contribution in [2.45, 2.75) is 45.4 Å². The molecule has 0 amide bonds. The minimum atomic E-state index is 0. The van der Waals surface area contributed by atoms with Gasteiger partial charge in [0.05, 0.1) is 0 Å². The molecule has 0 N–H and O–H groups in total. The predicted octanol–water partition coefficient (Wildman–Crippen LogP) is 5.10. The average molecular weight is 376 g/mol. The van der Waals surface area contributed by atoms with Gasteiger partial charge >= 0.3 is 0 Å². The summed E-state index contributed by atoms with van der Waals surface area (Å²) in [7, 11) is 0.0633. The first kappa shape index (κ1) is 19.1. The minimum absolute atomic E-state index is 0. The van der Waals surface area contributed by atoms with E-state index in [0.29, 0.717) is 0 Å². The van der Waals surface area contributed by atoms with Crippen molar-refractivity contribution < 1.29 is 19.5 Å². The van der Waals surface area contributed by atoms with Crippen molar-refractivity contribution >= 4 is 7.92 Å². The molecule has 3 rings (SSSR count). The Labute approximate surface area is 141 Å². The van der Waals surface area contributed by atoms with Gasteiger partial charge in [0.1, 0.15) is 0 Å². The van der Waals surface area contributed by atoms with E-state index >= 15 is 0 Å². The molecule has 0 heterocycles. The largest absolute Gasteiger partial charge is 0.0935 e. The van der Waals surface area contributed by atoms with Crippen LogP contribution in [0.15, 0.2) is 0 Å². The van der Waals surface area contributed by atoms with E-state index in [-0.39, 0.29) is 27.4 Å². The second kappa shape index (κ2) is 9.25. The van der Waals surface area contributed by atoms with Crippen LogP contribution in [0.1, 0.15) is 34.1 Å². The van der Waals surface area contributed by atoms with Crippen LogP contribution in [0, 0.1) is 68.9 Å². The topological polar surface area (TPSA) is 0 Å². The molecule has 112 valence electrons.